The molecule has 0 radical (unpaired) electrons. The molecule has 3 aromatic rings. The molecule has 1 aliphatic heterocycles. The van der Waals surface area contributed by atoms with E-state index in [1.165, 1.54) is 4.31 Å². The average Bonchev–Trinajstić information content (AvgIpc) is 3.22. The van der Waals surface area contributed by atoms with Crippen molar-refractivity contribution in [3.05, 3.63) is 65.9 Å². The van der Waals surface area contributed by atoms with Gasteiger partial charge in [0.1, 0.15) is 0 Å². The minimum absolute atomic E-state index is 0.312. The Morgan fingerprint density at radius 2 is 1.90 bits per heavy atom. The van der Waals surface area contributed by atoms with E-state index in [2.05, 4.69) is 25.3 Å². The zero-order valence-corrected chi connectivity index (χ0v) is 17.1. The predicted molar refractivity (Wildman–Crippen MR) is 109 cm³/mol. The molecule has 1 N–H and O–H groups in total. The van der Waals surface area contributed by atoms with Crippen LogP contribution in [0.2, 0.25) is 0 Å². The van der Waals surface area contributed by atoms with Crippen molar-refractivity contribution in [2.45, 2.75) is 37.6 Å². The molecule has 1 fully saturated rings. The molecule has 3 heterocycles. The van der Waals surface area contributed by atoms with Crippen LogP contribution in [0.25, 0.3) is 0 Å². The van der Waals surface area contributed by atoms with Crippen LogP contribution in [-0.2, 0) is 10.0 Å². The topological polar surface area (TPSA) is 101 Å². The van der Waals surface area contributed by atoms with Gasteiger partial charge in [0.25, 0.3) is 0 Å². The largest absolute Gasteiger partial charge is 0.307 e. The second-order valence-corrected chi connectivity index (χ2v) is 8.94. The first-order valence-corrected chi connectivity index (χ1v) is 10.8. The van der Waals surface area contributed by atoms with Crippen molar-refractivity contribution in [2.75, 3.05) is 11.9 Å². The van der Waals surface area contributed by atoms with Crippen molar-refractivity contribution < 1.29 is 8.42 Å². The van der Waals surface area contributed by atoms with E-state index < -0.39 is 10.0 Å². The molecule has 1 atom stereocenters. The highest BCUT2D eigenvalue weighted by Gasteiger charge is 2.37. The standard InChI is InChI=1S/C20H22N6O2S/c1-14-6-7-16(11-15(14)2)29(27,28)26-10-3-5-18(26)17-12-21-13-19(24-17)25-20-22-8-4-9-23-20/h4,6-9,11-13,18H,3,5,10H2,1-2H3,(H,22,23,24,25)/t18-/m1/s1. The van der Waals surface area contributed by atoms with E-state index in [-0.39, 0.29) is 6.04 Å². The van der Waals surface area contributed by atoms with Gasteiger partial charge in [0.05, 0.1) is 29.0 Å². The lowest BCUT2D eigenvalue weighted by Gasteiger charge is -2.24. The molecule has 8 nitrogen and oxygen atoms in total. The van der Waals surface area contributed by atoms with Gasteiger partial charge in [-0.1, -0.05) is 6.07 Å². The number of rotatable bonds is 5. The van der Waals surface area contributed by atoms with E-state index >= 15 is 0 Å². The highest BCUT2D eigenvalue weighted by Crippen LogP contribution is 2.36. The highest BCUT2D eigenvalue weighted by atomic mass is 32.2. The van der Waals surface area contributed by atoms with Crippen LogP contribution < -0.4 is 5.32 Å². The zero-order chi connectivity index (χ0) is 20.4. The van der Waals surface area contributed by atoms with Crippen LogP contribution >= 0.6 is 0 Å². The third-order valence-corrected chi connectivity index (χ3v) is 6.99. The number of hydrogen-bond donors (Lipinski definition) is 1. The molecule has 0 saturated carbocycles. The van der Waals surface area contributed by atoms with Gasteiger partial charge in [-0.05, 0) is 56.0 Å². The Hall–Kier alpha value is -2.91. The number of anilines is 2. The second-order valence-electron chi connectivity index (χ2n) is 7.05. The van der Waals surface area contributed by atoms with E-state index in [4.69, 9.17) is 0 Å². The quantitative estimate of drug-likeness (QED) is 0.689. The molecule has 4 rings (SSSR count). The summed E-state index contributed by atoms with van der Waals surface area (Å²) in [6.45, 7) is 4.35. The number of hydrogen-bond acceptors (Lipinski definition) is 7. The number of sulfonamides is 1. The van der Waals surface area contributed by atoms with Crippen molar-refractivity contribution in [1.82, 2.24) is 24.2 Å². The third kappa shape index (κ3) is 3.96. The molecule has 2 aromatic heterocycles. The van der Waals surface area contributed by atoms with Crippen molar-refractivity contribution in [3.8, 4) is 0 Å². The Labute approximate surface area is 170 Å². The van der Waals surface area contributed by atoms with Crippen molar-refractivity contribution in [3.63, 3.8) is 0 Å². The SMILES string of the molecule is Cc1ccc(S(=O)(=O)N2CCC[C@@H]2c2cncc(Nc3ncccn3)n2)cc1C. The average molecular weight is 411 g/mol. The van der Waals surface area contributed by atoms with Gasteiger partial charge in [-0.25, -0.2) is 23.4 Å². The van der Waals surface area contributed by atoms with Crippen LogP contribution in [-0.4, -0.2) is 39.2 Å². The van der Waals surface area contributed by atoms with Gasteiger partial charge in [0, 0.05) is 18.9 Å². The first-order valence-electron chi connectivity index (χ1n) is 9.40. The molecule has 0 spiro atoms. The zero-order valence-electron chi connectivity index (χ0n) is 16.3. The summed E-state index contributed by atoms with van der Waals surface area (Å²) in [5.74, 6) is 0.883. The maximum absolute atomic E-state index is 13.3. The number of aryl methyl sites for hydroxylation is 2. The minimum Gasteiger partial charge on any atom is -0.307 e. The molecule has 0 amide bonds. The monoisotopic (exact) mass is 410 g/mol. The lowest BCUT2D eigenvalue weighted by atomic mass is 10.1. The molecule has 1 aliphatic rings. The van der Waals surface area contributed by atoms with E-state index in [0.717, 1.165) is 17.5 Å². The summed E-state index contributed by atoms with van der Waals surface area (Å²) in [7, 11) is -3.63. The number of nitrogens with zero attached hydrogens (tertiary/aromatic N) is 5. The van der Waals surface area contributed by atoms with Gasteiger partial charge in [-0.15, -0.1) is 0 Å². The Balaban J connectivity index is 1.63. The van der Waals surface area contributed by atoms with E-state index in [0.29, 0.717) is 35.3 Å². The molecule has 0 unspecified atom stereocenters. The Morgan fingerprint density at radius 1 is 1.10 bits per heavy atom. The summed E-state index contributed by atoms with van der Waals surface area (Å²) in [6.07, 6.45) is 7.91. The molecule has 1 aromatic carbocycles. The Bertz CT molecular complexity index is 1120. The van der Waals surface area contributed by atoms with Gasteiger partial charge in [0.2, 0.25) is 16.0 Å². The lowest BCUT2D eigenvalue weighted by Crippen LogP contribution is -2.31. The van der Waals surface area contributed by atoms with Crippen LogP contribution in [0.3, 0.4) is 0 Å². The molecule has 29 heavy (non-hydrogen) atoms. The molecule has 1 saturated heterocycles. The fourth-order valence-corrected chi connectivity index (χ4v) is 5.17. The second kappa shape index (κ2) is 7.84. The lowest BCUT2D eigenvalue weighted by molar-refractivity contribution is 0.390. The first-order chi connectivity index (χ1) is 13.9. The van der Waals surface area contributed by atoms with Crippen molar-refractivity contribution >= 4 is 21.8 Å². The summed E-state index contributed by atoms with van der Waals surface area (Å²) in [6, 6.07) is 6.62. The third-order valence-electron chi connectivity index (χ3n) is 5.09. The summed E-state index contributed by atoms with van der Waals surface area (Å²) in [4.78, 5) is 17.4. The van der Waals surface area contributed by atoms with Gasteiger partial charge in [0.15, 0.2) is 5.82 Å². The summed E-state index contributed by atoms with van der Waals surface area (Å²) in [5.41, 5.74) is 2.63. The van der Waals surface area contributed by atoms with Crippen LogP contribution in [0.15, 0.2) is 53.9 Å². The molecular formula is C20H22N6O2S. The minimum atomic E-state index is -3.63. The Kier molecular flexibility index (Phi) is 5.25. The van der Waals surface area contributed by atoms with Gasteiger partial charge < -0.3 is 5.32 Å². The number of aromatic nitrogens is 4. The highest BCUT2D eigenvalue weighted by molar-refractivity contribution is 7.89. The maximum Gasteiger partial charge on any atom is 0.243 e. The summed E-state index contributed by atoms with van der Waals surface area (Å²) in [5, 5.41) is 3.00. The van der Waals surface area contributed by atoms with E-state index in [1.54, 1.807) is 43.0 Å². The van der Waals surface area contributed by atoms with Crippen LogP contribution in [0.4, 0.5) is 11.8 Å². The smallest absolute Gasteiger partial charge is 0.243 e. The molecule has 0 bridgehead atoms. The van der Waals surface area contributed by atoms with Gasteiger partial charge in [-0.2, -0.15) is 4.31 Å². The van der Waals surface area contributed by atoms with Crippen LogP contribution in [0.1, 0.15) is 35.7 Å². The van der Waals surface area contributed by atoms with E-state index in [1.807, 2.05) is 19.9 Å². The predicted octanol–water partition coefficient (Wildman–Crippen LogP) is 3.15. The van der Waals surface area contributed by atoms with Crippen molar-refractivity contribution in [2.24, 2.45) is 0 Å². The maximum atomic E-state index is 13.3. The van der Waals surface area contributed by atoms with Gasteiger partial charge >= 0.3 is 0 Å². The number of benzene rings is 1. The van der Waals surface area contributed by atoms with Gasteiger partial charge in [-0.3, -0.25) is 4.98 Å². The van der Waals surface area contributed by atoms with Crippen molar-refractivity contribution in [1.29, 1.82) is 0 Å². The summed E-state index contributed by atoms with van der Waals surface area (Å²) < 4.78 is 28.1. The molecular weight excluding hydrogens is 388 g/mol. The molecule has 0 aliphatic carbocycles. The first kappa shape index (κ1) is 19.4. The van der Waals surface area contributed by atoms with Crippen LogP contribution in [0, 0.1) is 13.8 Å². The summed E-state index contributed by atoms with van der Waals surface area (Å²) >= 11 is 0. The molecule has 9 heteroatoms. The van der Waals surface area contributed by atoms with Crippen LogP contribution in [0.5, 0.6) is 0 Å². The van der Waals surface area contributed by atoms with E-state index in [9.17, 15) is 8.42 Å². The fourth-order valence-electron chi connectivity index (χ4n) is 3.41. The Morgan fingerprint density at radius 3 is 2.66 bits per heavy atom. The fraction of sp³-hybridized carbons (Fsp3) is 0.300. The normalized spacial score (nSPS) is 17.4. The number of nitrogens with one attached hydrogen (secondary N) is 1. The molecule has 150 valence electrons.